The zero-order chi connectivity index (χ0) is 19.0. The summed E-state index contributed by atoms with van der Waals surface area (Å²) < 4.78 is 18.6. The van der Waals surface area contributed by atoms with Crippen molar-refractivity contribution >= 4 is 17.9 Å². The summed E-state index contributed by atoms with van der Waals surface area (Å²) >= 11 is 0. The van der Waals surface area contributed by atoms with E-state index in [-0.39, 0.29) is 24.6 Å². The molecule has 1 aliphatic heterocycles. The van der Waals surface area contributed by atoms with Crippen LogP contribution in [0, 0.1) is 17.3 Å². The summed E-state index contributed by atoms with van der Waals surface area (Å²) in [6, 6.07) is 12.8. The minimum absolute atomic E-state index is 0.148. The highest BCUT2D eigenvalue weighted by Crippen LogP contribution is 2.66. The molecule has 3 nitrogen and oxygen atoms in total. The van der Waals surface area contributed by atoms with E-state index < -0.39 is 0 Å². The van der Waals surface area contributed by atoms with Crippen LogP contribution < -0.4 is 4.74 Å². The van der Waals surface area contributed by atoms with Crippen LogP contribution in [0.5, 0.6) is 5.75 Å². The van der Waals surface area contributed by atoms with Gasteiger partial charge in [0.1, 0.15) is 5.75 Å². The summed E-state index contributed by atoms with van der Waals surface area (Å²) in [4.78, 5) is 0. The Hall–Kier alpha value is -1.52. The van der Waals surface area contributed by atoms with Gasteiger partial charge in [0.05, 0.1) is 18.8 Å². The first-order chi connectivity index (χ1) is 12.8. The average Bonchev–Trinajstić information content (AvgIpc) is 3.03. The second-order valence-electron chi connectivity index (χ2n) is 9.56. The molecule has 0 aromatic heterocycles. The highest BCUT2D eigenvalue weighted by molar-refractivity contribution is 6.47. The highest BCUT2D eigenvalue weighted by atomic mass is 16.7. The van der Waals surface area contributed by atoms with Crippen LogP contribution in [0.1, 0.15) is 51.9 Å². The molecule has 0 amide bonds. The Kier molecular flexibility index (Phi) is 3.74. The Morgan fingerprint density at radius 1 is 1.15 bits per heavy atom. The Balaban J connectivity index is 1.46. The van der Waals surface area contributed by atoms with Crippen LogP contribution in [-0.2, 0) is 9.31 Å². The first-order valence-corrected chi connectivity index (χ1v) is 10.2. The molecule has 27 heavy (non-hydrogen) atoms. The van der Waals surface area contributed by atoms with Crippen LogP contribution in [0.2, 0.25) is 0 Å². The number of hydrogen-bond donors (Lipinski definition) is 0. The standard InChI is InChI=1S/C23H29BO3/c1-14(18-8-6-7-15-11-17(25-5)9-10-19(15)18)24-26-21-13-16-12-20(22(16,2)3)23(21,4)27-24/h6-11,14,16,20-21H,12-13H2,1-5H3/t14-,16?,20?,21+,23-/m0/s1. The van der Waals surface area contributed by atoms with Crippen LogP contribution in [0.25, 0.3) is 10.8 Å². The van der Waals surface area contributed by atoms with Gasteiger partial charge in [0.2, 0.25) is 0 Å². The van der Waals surface area contributed by atoms with Crippen molar-refractivity contribution in [2.75, 3.05) is 7.11 Å². The average molecular weight is 364 g/mol. The zero-order valence-corrected chi connectivity index (χ0v) is 17.0. The summed E-state index contributed by atoms with van der Waals surface area (Å²) in [7, 11) is 1.53. The molecule has 4 fully saturated rings. The molecular weight excluding hydrogens is 335 g/mol. The van der Waals surface area contributed by atoms with E-state index >= 15 is 0 Å². The Morgan fingerprint density at radius 3 is 2.70 bits per heavy atom. The minimum Gasteiger partial charge on any atom is -0.497 e. The van der Waals surface area contributed by atoms with Crippen molar-refractivity contribution in [3.05, 3.63) is 42.0 Å². The SMILES string of the molecule is COc1ccc2c([C@H](C)B3O[C@@H]4CC5CC(C5(C)C)[C@]4(C)O3)cccc2c1. The molecule has 2 unspecified atom stereocenters. The number of benzene rings is 2. The van der Waals surface area contributed by atoms with Gasteiger partial charge in [0.25, 0.3) is 0 Å². The molecule has 6 rings (SSSR count). The third kappa shape index (κ3) is 2.36. The van der Waals surface area contributed by atoms with Crippen LogP contribution in [-0.4, -0.2) is 25.9 Å². The van der Waals surface area contributed by atoms with Crippen LogP contribution in [0.3, 0.4) is 0 Å². The molecule has 1 saturated heterocycles. The summed E-state index contributed by atoms with van der Waals surface area (Å²) in [6.07, 6.45) is 2.66. The molecule has 2 bridgehead atoms. The lowest BCUT2D eigenvalue weighted by Crippen LogP contribution is -2.65. The number of ether oxygens (including phenoxy) is 1. The fourth-order valence-corrected chi connectivity index (χ4v) is 6.07. The summed E-state index contributed by atoms with van der Waals surface area (Å²) in [5, 5.41) is 2.45. The largest absolute Gasteiger partial charge is 0.497 e. The van der Waals surface area contributed by atoms with E-state index in [0.29, 0.717) is 11.3 Å². The zero-order valence-electron chi connectivity index (χ0n) is 17.0. The maximum atomic E-state index is 6.70. The minimum atomic E-state index is -0.178. The second-order valence-corrected chi connectivity index (χ2v) is 9.56. The number of methoxy groups -OCH3 is 1. The van der Waals surface area contributed by atoms with Gasteiger partial charge < -0.3 is 14.0 Å². The summed E-state index contributed by atoms with van der Waals surface area (Å²) in [5.74, 6) is 2.46. The smallest absolute Gasteiger partial charge is 0.465 e. The number of rotatable bonds is 3. The van der Waals surface area contributed by atoms with E-state index in [1.165, 1.54) is 22.8 Å². The van der Waals surface area contributed by atoms with Gasteiger partial charge >= 0.3 is 7.12 Å². The summed E-state index contributed by atoms with van der Waals surface area (Å²) in [5.41, 5.74) is 1.52. The normalized spacial score (nSPS) is 34.9. The van der Waals surface area contributed by atoms with E-state index in [1.54, 1.807) is 7.11 Å². The van der Waals surface area contributed by atoms with E-state index in [2.05, 4.69) is 58.0 Å². The second kappa shape index (κ2) is 5.74. The monoisotopic (exact) mass is 364 g/mol. The third-order valence-corrected chi connectivity index (χ3v) is 7.99. The highest BCUT2D eigenvalue weighted by Gasteiger charge is 2.68. The van der Waals surface area contributed by atoms with Crippen LogP contribution in [0.15, 0.2) is 36.4 Å². The molecule has 0 N–H and O–H groups in total. The Labute approximate surface area is 162 Å². The van der Waals surface area contributed by atoms with Gasteiger partial charge in [-0.25, -0.2) is 0 Å². The van der Waals surface area contributed by atoms with Crippen molar-refractivity contribution in [2.45, 2.75) is 58.1 Å². The maximum Gasteiger partial charge on any atom is 0.465 e. The van der Waals surface area contributed by atoms with Gasteiger partial charge in [-0.15, -0.1) is 0 Å². The van der Waals surface area contributed by atoms with Gasteiger partial charge in [0, 0.05) is 5.82 Å². The molecule has 3 saturated carbocycles. The van der Waals surface area contributed by atoms with Gasteiger partial charge in [-0.3, -0.25) is 0 Å². The first-order valence-electron chi connectivity index (χ1n) is 10.2. The third-order valence-electron chi connectivity index (χ3n) is 7.99. The predicted molar refractivity (Wildman–Crippen MR) is 109 cm³/mol. The van der Waals surface area contributed by atoms with Crippen LogP contribution in [0.4, 0.5) is 0 Å². The van der Waals surface area contributed by atoms with Crippen molar-refractivity contribution in [3.63, 3.8) is 0 Å². The van der Waals surface area contributed by atoms with Crippen LogP contribution >= 0.6 is 0 Å². The van der Waals surface area contributed by atoms with E-state index in [9.17, 15) is 0 Å². The molecule has 3 aliphatic carbocycles. The maximum absolute atomic E-state index is 6.70. The Morgan fingerprint density at radius 2 is 1.96 bits per heavy atom. The van der Waals surface area contributed by atoms with Crippen molar-refractivity contribution in [1.29, 1.82) is 0 Å². The quantitative estimate of drug-likeness (QED) is 0.699. The van der Waals surface area contributed by atoms with Crippen molar-refractivity contribution in [3.8, 4) is 5.75 Å². The van der Waals surface area contributed by atoms with Crippen molar-refractivity contribution in [2.24, 2.45) is 17.3 Å². The fourth-order valence-electron chi connectivity index (χ4n) is 6.07. The first kappa shape index (κ1) is 17.6. The van der Waals surface area contributed by atoms with E-state index in [0.717, 1.165) is 18.1 Å². The Bertz CT molecular complexity index is 894. The lowest BCUT2D eigenvalue weighted by Gasteiger charge is -2.64. The molecule has 4 heteroatoms. The molecule has 2 aromatic carbocycles. The lowest BCUT2D eigenvalue weighted by molar-refractivity contribution is -0.199. The van der Waals surface area contributed by atoms with Gasteiger partial charge in [0.15, 0.2) is 0 Å². The molecule has 2 aromatic rings. The lowest BCUT2D eigenvalue weighted by atomic mass is 9.43. The van der Waals surface area contributed by atoms with Gasteiger partial charge in [-0.2, -0.15) is 0 Å². The number of fused-ring (bicyclic) bond motifs is 1. The van der Waals surface area contributed by atoms with E-state index in [1.807, 2.05) is 6.07 Å². The summed E-state index contributed by atoms with van der Waals surface area (Å²) in [6.45, 7) is 9.34. The molecular formula is C23H29BO3. The predicted octanol–water partition coefficient (Wildman–Crippen LogP) is 5.22. The van der Waals surface area contributed by atoms with E-state index in [4.69, 9.17) is 14.0 Å². The van der Waals surface area contributed by atoms with Crippen molar-refractivity contribution < 1.29 is 14.0 Å². The van der Waals surface area contributed by atoms with Crippen molar-refractivity contribution in [1.82, 2.24) is 0 Å². The number of hydrogen-bond acceptors (Lipinski definition) is 3. The van der Waals surface area contributed by atoms with Gasteiger partial charge in [-0.05, 0) is 65.5 Å². The van der Waals surface area contributed by atoms with Gasteiger partial charge in [-0.1, -0.05) is 45.0 Å². The molecule has 4 aliphatic rings. The molecule has 142 valence electrons. The fraction of sp³-hybridized carbons (Fsp3) is 0.565. The molecule has 0 radical (unpaired) electrons. The topological polar surface area (TPSA) is 27.7 Å². The molecule has 5 atom stereocenters. The molecule has 1 heterocycles. The molecule has 0 spiro atoms.